The van der Waals surface area contributed by atoms with E-state index in [1.807, 2.05) is 37.8 Å². The van der Waals surface area contributed by atoms with Crippen LogP contribution in [0.1, 0.15) is 56.3 Å². The third kappa shape index (κ3) is 3.47. The minimum atomic E-state index is -0.878. The zero-order valence-corrected chi connectivity index (χ0v) is 15.8. The molecule has 1 N–H and O–H groups in total. The first-order valence-corrected chi connectivity index (χ1v) is 9.16. The Morgan fingerprint density at radius 3 is 2.60 bits per heavy atom. The molecule has 25 heavy (non-hydrogen) atoms. The van der Waals surface area contributed by atoms with E-state index in [1.165, 1.54) is 10.5 Å². The normalized spacial score (nSPS) is 20.6. The monoisotopic (exact) mass is 364 g/mol. The highest BCUT2D eigenvalue weighted by molar-refractivity contribution is 6.30. The second-order valence-corrected chi connectivity index (χ2v) is 8.43. The largest absolute Gasteiger partial charge is 0.465 e. The Morgan fingerprint density at radius 1 is 1.24 bits per heavy atom. The summed E-state index contributed by atoms with van der Waals surface area (Å²) in [5.41, 5.74) is 2.82. The first-order chi connectivity index (χ1) is 11.7. The fourth-order valence-corrected chi connectivity index (χ4v) is 4.21. The van der Waals surface area contributed by atoms with Crippen molar-refractivity contribution in [2.45, 2.75) is 52.6 Å². The van der Waals surface area contributed by atoms with E-state index in [1.54, 1.807) is 0 Å². The molecular formula is C19H25ClN2O3. The standard InChI is InChI=1S/C19H25ClN2O3/c1-19(2,3)17(23)21-8-6-14-12(11-21)9-13(20)10-15(14)16-5-4-7-22(16)18(24)25/h9-10,16H,4-8,11H2,1-3H3,(H,24,25)/t16-/m0/s1. The lowest BCUT2D eigenvalue weighted by atomic mass is 9.88. The summed E-state index contributed by atoms with van der Waals surface area (Å²) < 4.78 is 0. The van der Waals surface area contributed by atoms with Crippen LogP contribution in [0.4, 0.5) is 4.79 Å². The van der Waals surface area contributed by atoms with Gasteiger partial charge in [0.05, 0.1) is 6.04 Å². The van der Waals surface area contributed by atoms with Crippen molar-refractivity contribution >= 4 is 23.6 Å². The lowest BCUT2D eigenvalue weighted by Gasteiger charge is -2.35. The van der Waals surface area contributed by atoms with Gasteiger partial charge in [-0.3, -0.25) is 4.79 Å². The highest BCUT2D eigenvalue weighted by atomic mass is 35.5. The van der Waals surface area contributed by atoms with Gasteiger partial charge in [-0.15, -0.1) is 0 Å². The number of halogens is 1. The Bertz CT molecular complexity index is 711. The highest BCUT2D eigenvalue weighted by Crippen LogP contribution is 2.38. The Kier molecular flexibility index (Phi) is 4.71. The minimum Gasteiger partial charge on any atom is -0.465 e. The maximum Gasteiger partial charge on any atom is 0.407 e. The zero-order chi connectivity index (χ0) is 18.4. The van der Waals surface area contributed by atoms with Crippen molar-refractivity contribution in [3.63, 3.8) is 0 Å². The van der Waals surface area contributed by atoms with Crippen LogP contribution in [0.3, 0.4) is 0 Å². The lowest BCUT2D eigenvalue weighted by molar-refractivity contribution is -0.140. The smallest absolute Gasteiger partial charge is 0.407 e. The van der Waals surface area contributed by atoms with Gasteiger partial charge in [-0.1, -0.05) is 32.4 Å². The van der Waals surface area contributed by atoms with Crippen LogP contribution < -0.4 is 0 Å². The third-order valence-electron chi connectivity index (χ3n) is 5.12. The first-order valence-electron chi connectivity index (χ1n) is 8.78. The Hall–Kier alpha value is -1.75. The van der Waals surface area contributed by atoms with E-state index in [0.717, 1.165) is 30.4 Å². The van der Waals surface area contributed by atoms with Crippen LogP contribution in [0.15, 0.2) is 12.1 Å². The van der Waals surface area contributed by atoms with Crippen LogP contribution in [0.25, 0.3) is 0 Å². The molecule has 0 spiro atoms. The van der Waals surface area contributed by atoms with E-state index in [4.69, 9.17) is 11.6 Å². The Labute approximate surface area is 153 Å². The predicted molar refractivity (Wildman–Crippen MR) is 96.7 cm³/mol. The number of benzene rings is 1. The third-order valence-corrected chi connectivity index (χ3v) is 5.34. The Morgan fingerprint density at radius 2 is 1.96 bits per heavy atom. The van der Waals surface area contributed by atoms with Crippen LogP contribution in [0.2, 0.25) is 5.02 Å². The fraction of sp³-hybridized carbons (Fsp3) is 0.579. The molecule has 2 amide bonds. The molecule has 1 saturated heterocycles. The van der Waals surface area contributed by atoms with Gasteiger partial charge < -0.3 is 14.9 Å². The summed E-state index contributed by atoms with van der Waals surface area (Å²) in [6.07, 6.45) is 1.56. The van der Waals surface area contributed by atoms with Crippen molar-refractivity contribution in [1.82, 2.24) is 9.80 Å². The molecule has 1 aromatic rings. The van der Waals surface area contributed by atoms with Gasteiger partial charge in [0.1, 0.15) is 0 Å². The number of nitrogens with zero attached hydrogens (tertiary/aromatic N) is 2. The molecule has 0 radical (unpaired) electrons. The molecule has 1 atom stereocenters. The molecule has 1 aromatic carbocycles. The fourth-order valence-electron chi connectivity index (χ4n) is 3.96. The topological polar surface area (TPSA) is 60.9 Å². The molecule has 6 heteroatoms. The maximum absolute atomic E-state index is 12.6. The van der Waals surface area contributed by atoms with E-state index in [9.17, 15) is 14.7 Å². The predicted octanol–water partition coefficient (Wildman–Crippen LogP) is 4.09. The van der Waals surface area contributed by atoms with Crippen LogP contribution >= 0.6 is 11.6 Å². The summed E-state index contributed by atoms with van der Waals surface area (Å²) in [6, 6.07) is 3.70. The number of hydrogen-bond acceptors (Lipinski definition) is 2. The number of carboxylic acid groups (broad SMARTS) is 1. The van der Waals surface area contributed by atoms with Crippen molar-refractivity contribution in [1.29, 1.82) is 0 Å². The van der Waals surface area contributed by atoms with Crippen LogP contribution in [0, 0.1) is 5.41 Å². The van der Waals surface area contributed by atoms with E-state index in [2.05, 4.69) is 0 Å². The first kappa shape index (κ1) is 18.1. The highest BCUT2D eigenvalue weighted by Gasteiger charge is 2.35. The SMILES string of the molecule is CC(C)(C)C(=O)N1CCc2c(cc(Cl)cc2[C@@H]2CCCN2C(=O)O)C1. The van der Waals surface area contributed by atoms with Crippen molar-refractivity contribution in [2.24, 2.45) is 5.41 Å². The number of amides is 2. The van der Waals surface area contributed by atoms with E-state index < -0.39 is 11.5 Å². The minimum absolute atomic E-state index is 0.130. The molecule has 2 aliphatic rings. The van der Waals surface area contributed by atoms with Gasteiger partial charge in [0.25, 0.3) is 0 Å². The average Bonchev–Trinajstić information content (AvgIpc) is 3.01. The van der Waals surface area contributed by atoms with Crippen LogP contribution in [-0.4, -0.2) is 40.0 Å². The molecule has 5 nitrogen and oxygen atoms in total. The summed E-state index contributed by atoms with van der Waals surface area (Å²) >= 11 is 6.34. The van der Waals surface area contributed by atoms with Gasteiger partial charge in [0, 0.05) is 30.1 Å². The van der Waals surface area contributed by atoms with E-state index in [0.29, 0.717) is 24.7 Å². The Balaban J connectivity index is 1.94. The number of fused-ring (bicyclic) bond motifs is 1. The summed E-state index contributed by atoms with van der Waals surface area (Å²) in [7, 11) is 0. The molecule has 0 bridgehead atoms. The molecule has 0 saturated carbocycles. The lowest BCUT2D eigenvalue weighted by Crippen LogP contribution is -2.42. The second kappa shape index (κ2) is 6.52. The van der Waals surface area contributed by atoms with Gasteiger partial charge in [-0.05, 0) is 48.1 Å². The van der Waals surface area contributed by atoms with Crippen molar-refractivity contribution < 1.29 is 14.7 Å². The molecule has 1 fully saturated rings. The second-order valence-electron chi connectivity index (χ2n) is 7.99. The van der Waals surface area contributed by atoms with Crippen LogP contribution in [-0.2, 0) is 17.8 Å². The van der Waals surface area contributed by atoms with Gasteiger partial charge in [0.2, 0.25) is 5.91 Å². The number of hydrogen-bond donors (Lipinski definition) is 1. The van der Waals surface area contributed by atoms with Crippen molar-refractivity contribution in [3.05, 3.63) is 33.8 Å². The number of carbonyl (C=O) groups is 2. The summed E-state index contributed by atoms with van der Waals surface area (Å²) in [6.45, 7) is 7.55. The number of likely N-dealkylation sites (tertiary alicyclic amines) is 1. The summed E-state index contributed by atoms with van der Waals surface area (Å²) in [4.78, 5) is 27.5. The van der Waals surface area contributed by atoms with Gasteiger partial charge in [-0.25, -0.2) is 4.79 Å². The molecule has 0 aliphatic carbocycles. The summed E-state index contributed by atoms with van der Waals surface area (Å²) in [5.74, 6) is 0.132. The van der Waals surface area contributed by atoms with Crippen molar-refractivity contribution in [2.75, 3.05) is 13.1 Å². The summed E-state index contributed by atoms with van der Waals surface area (Å²) in [5, 5.41) is 10.1. The molecule has 3 rings (SSSR count). The number of carbonyl (C=O) groups excluding carboxylic acids is 1. The van der Waals surface area contributed by atoms with Gasteiger partial charge in [-0.2, -0.15) is 0 Å². The quantitative estimate of drug-likeness (QED) is 0.816. The van der Waals surface area contributed by atoms with Gasteiger partial charge >= 0.3 is 6.09 Å². The molecule has 2 heterocycles. The van der Waals surface area contributed by atoms with Crippen LogP contribution in [0.5, 0.6) is 0 Å². The van der Waals surface area contributed by atoms with E-state index in [-0.39, 0.29) is 11.9 Å². The maximum atomic E-state index is 12.6. The molecule has 0 unspecified atom stereocenters. The molecule has 2 aliphatic heterocycles. The average molecular weight is 365 g/mol. The van der Waals surface area contributed by atoms with Crippen molar-refractivity contribution in [3.8, 4) is 0 Å². The zero-order valence-electron chi connectivity index (χ0n) is 15.0. The van der Waals surface area contributed by atoms with E-state index >= 15 is 0 Å². The number of rotatable bonds is 1. The molecule has 136 valence electrons. The van der Waals surface area contributed by atoms with Gasteiger partial charge in [0.15, 0.2) is 0 Å². The molecule has 0 aromatic heterocycles. The molecular weight excluding hydrogens is 340 g/mol.